The third-order valence-electron chi connectivity index (χ3n) is 4.26. The zero-order valence-electron chi connectivity index (χ0n) is 17.9. The van der Waals surface area contributed by atoms with Crippen LogP contribution in [0.4, 0.5) is 9.59 Å². The second-order valence-electron chi connectivity index (χ2n) is 6.68. The molecule has 0 atom stereocenters. The molecular weight excluding hydrogens is 404 g/mol. The number of nitriles is 1. The number of ether oxygens (including phenoxy) is 1. The number of unbranched alkanes of at least 4 members (excludes halogenated alkanes) is 6. The average molecular weight is 437 g/mol. The van der Waals surface area contributed by atoms with Crippen molar-refractivity contribution in [3.8, 4) is 6.26 Å². The number of aliphatic imine (C=N–C) groups is 2. The largest absolute Gasteiger partial charge is 0.428 e. The van der Waals surface area contributed by atoms with E-state index in [0.717, 1.165) is 30.6 Å². The number of hydrogen-bond acceptors (Lipinski definition) is 8. The molecule has 0 aromatic carbocycles. The van der Waals surface area contributed by atoms with E-state index in [2.05, 4.69) is 25.4 Å². The lowest BCUT2D eigenvalue weighted by Gasteiger charge is -2.22. The lowest BCUT2D eigenvalue weighted by molar-refractivity contribution is 0.184. The van der Waals surface area contributed by atoms with E-state index in [1.54, 1.807) is 6.26 Å². The van der Waals surface area contributed by atoms with Crippen LogP contribution in [0.3, 0.4) is 0 Å². The van der Waals surface area contributed by atoms with Crippen LogP contribution >= 0.6 is 0 Å². The number of urea groups is 2. The molecule has 0 heterocycles. The Balaban J connectivity index is 4.35. The maximum absolute atomic E-state index is 12.5. The van der Waals surface area contributed by atoms with Gasteiger partial charge in [0, 0.05) is 19.6 Å². The number of imide groups is 1. The van der Waals surface area contributed by atoms with Crippen molar-refractivity contribution in [2.75, 3.05) is 39.3 Å². The van der Waals surface area contributed by atoms with Crippen LogP contribution in [0.1, 0.15) is 57.8 Å². The monoisotopic (exact) mass is 436 g/mol. The van der Waals surface area contributed by atoms with Crippen LogP contribution in [0.5, 0.6) is 0 Å². The van der Waals surface area contributed by atoms with Gasteiger partial charge in [-0.3, -0.25) is 0 Å². The van der Waals surface area contributed by atoms with Crippen LogP contribution in [-0.4, -0.2) is 68.5 Å². The third-order valence-corrected chi connectivity index (χ3v) is 4.26. The Morgan fingerprint density at radius 2 is 1.29 bits per heavy atom. The van der Waals surface area contributed by atoms with Gasteiger partial charge >= 0.3 is 12.1 Å². The Labute approximate surface area is 182 Å². The van der Waals surface area contributed by atoms with Crippen LogP contribution in [0.2, 0.25) is 0 Å². The van der Waals surface area contributed by atoms with Crippen molar-refractivity contribution in [3.05, 3.63) is 0 Å². The number of rotatable bonds is 18. The van der Waals surface area contributed by atoms with Crippen molar-refractivity contribution >= 4 is 24.2 Å². The summed E-state index contributed by atoms with van der Waals surface area (Å²) in [4.78, 5) is 53.0. The molecule has 0 unspecified atom stereocenters. The minimum atomic E-state index is -0.461. The van der Waals surface area contributed by atoms with E-state index in [-0.39, 0.29) is 6.54 Å². The zero-order chi connectivity index (χ0) is 23.0. The highest BCUT2D eigenvalue weighted by Crippen LogP contribution is 2.02. The van der Waals surface area contributed by atoms with Crippen molar-refractivity contribution < 1.29 is 23.9 Å². The molecule has 172 valence electrons. The van der Waals surface area contributed by atoms with Gasteiger partial charge in [0.05, 0.1) is 13.1 Å². The minimum Gasteiger partial charge on any atom is -0.428 e. The second-order valence-corrected chi connectivity index (χ2v) is 6.68. The van der Waals surface area contributed by atoms with Crippen molar-refractivity contribution in [2.24, 2.45) is 9.98 Å². The number of hydrogen-bond donors (Lipinski definition) is 2. The molecule has 0 rings (SSSR count). The van der Waals surface area contributed by atoms with E-state index >= 15 is 0 Å². The van der Waals surface area contributed by atoms with Gasteiger partial charge in [0.15, 0.2) is 0 Å². The minimum absolute atomic E-state index is 0.256. The first-order chi connectivity index (χ1) is 15.2. The molecule has 0 saturated carbocycles. The average Bonchev–Trinajstić information content (AvgIpc) is 2.77. The Hall–Kier alpha value is -3.21. The normalized spacial score (nSPS) is 9.52. The molecule has 0 radical (unpaired) electrons. The van der Waals surface area contributed by atoms with E-state index < -0.39 is 12.1 Å². The Morgan fingerprint density at radius 1 is 0.774 bits per heavy atom. The highest BCUT2D eigenvalue weighted by Gasteiger charge is 2.20. The molecule has 0 bridgehead atoms. The number of isocyanates is 2. The maximum atomic E-state index is 12.5. The fourth-order valence-electron chi connectivity index (χ4n) is 2.62. The first kappa shape index (κ1) is 27.8. The Morgan fingerprint density at radius 3 is 1.77 bits per heavy atom. The molecule has 11 nitrogen and oxygen atoms in total. The second kappa shape index (κ2) is 21.5. The van der Waals surface area contributed by atoms with Crippen LogP contribution in [0.15, 0.2) is 9.98 Å². The van der Waals surface area contributed by atoms with E-state index in [4.69, 9.17) is 5.26 Å². The highest BCUT2D eigenvalue weighted by molar-refractivity contribution is 5.93. The zero-order valence-corrected chi connectivity index (χ0v) is 17.9. The summed E-state index contributed by atoms with van der Waals surface area (Å²) in [6, 6.07) is -0.922. The summed E-state index contributed by atoms with van der Waals surface area (Å²) in [5.74, 6) is 0. The van der Waals surface area contributed by atoms with Gasteiger partial charge in [0.1, 0.15) is 6.61 Å². The fourth-order valence-corrected chi connectivity index (χ4v) is 2.62. The number of carbonyl (C=O) groups excluding carboxylic acids is 4. The van der Waals surface area contributed by atoms with Gasteiger partial charge in [-0.05, 0) is 57.8 Å². The molecule has 0 fully saturated rings. The SMILES string of the molecule is N#COCCCCCN(C(=O)NCCCCCN=C=O)C(=O)NCCCCCN=C=O. The number of nitrogens with one attached hydrogen (secondary N) is 2. The van der Waals surface area contributed by atoms with E-state index in [0.29, 0.717) is 64.9 Å². The quantitative estimate of drug-likeness (QED) is 0.146. The van der Waals surface area contributed by atoms with Gasteiger partial charge in [0.2, 0.25) is 12.2 Å². The molecular formula is C20H32N6O5. The van der Waals surface area contributed by atoms with Gasteiger partial charge in [-0.1, -0.05) is 0 Å². The summed E-state index contributed by atoms with van der Waals surface area (Å²) in [6.45, 7) is 2.25. The van der Waals surface area contributed by atoms with Gasteiger partial charge in [0.25, 0.3) is 6.26 Å². The summed E-state index contributed by atoms with van der Waals surface area (Å²) in [5.41, 5.74) is 0. The molecule has 0 aromatic rings. The van der Waals surface area contributed by atoms with E-state index in [9.17, 15) is 19.2 Å². The molecule has 31 heavy (non-hydrogen) atoms. The Kier molecular flexibility index (Phi) is 19.3. The maximum Gasteiger partial charge on any atom is 0.325 e. The number of nitrogens with zero attached hydrogens (tertiary/aromatic N) is 4. The van der Waals surface area contributed by atoms with E-state index in [1.165, 1.54) is 12.2 Å². The van der Waals surface area contributed by atoms with Crippen molar-refractivity contribution in [2.45, 2.75) is 57.8 Å². The summed E-state index contributed by atoms with van der Waals surface area (Å²) >= 11 is 0. The topological polar surface area (TPSA) is 153 Å². The summed E-state index contributed by atoms with van der Waals surface area (Å²) in [5, 5.41) is 13.8. The molecule has 0 aliphatic heterocycles. The van der Waals surface area contributed by atoms with Crippen LogP contribution in [0.25, 0.3) is 0 Å². The first-order valence-electron chi connectivity index (χ1n) is 10.6. The summed E-state index contributed by atoms with van der Waals surface area (Å²) < 4.78 is 4.61. The fraction of sp³-hybridized carbons (Fsp3) is 0.750. The molecule has 0 aliphatic rings. The molecule has 0 spiro atoms. The van der Waals surface area contributed by atoms with Crippen LogP contribution in [-0.2, 0) is 14.3 Å². The van der Waals surface area contributed by atoms with Crippen molar-refractivity contribution in [1.29, 1.82) is 5.26 Å². The molecule has 11 heteroatoms. The highest BCUT2D eigenvalue weighted by atomic mass is 16.5. The number of carbonyl (C=O) groups is 2. The standard InChI is InChI=1S/C20H32N6O5/c21-16-31-15-9-3-8-14-26(19(29)24-12-6-1-4-10-22-17-27)20(30)25-13-7-2-5-11-23-18-28/h1-15H2,(H,24,29)(H,25,30). The number of amides is 4. The summed E-state index contributed by atoms with van der Waals surface area (Å²) in [6.07, 6.45) is 11.0. The van der Waals surface area contributed by atoms with E-state index in [1.807, 2.05) is 0 Å². The predicted molar refractivity (Wildman–Crippen MR) is 113 cm³/mol. The van der Waals surface area contributed by atoms with Crippen LogP contribution in [0, 0.1) is 11.5 Å². The predicted octanol–water partition coefficient (Wildman–Crippen LogP) is 2.39. The molecule has 2 N–H and O–H groups in total. The van der Waals surface area contributed by atoms with Gasteiger partial charge < -0.3 is 15.4 Å². The molecule has 4 amide bonds. The van der Waals surface area contributed by atoms with Gasteiger partial charge in [-0.2, -0.15) is 5.26 Å². The molecule has 0 saturated heterocycles. The first-order valence-corrected chi connectivity index (χ1v) is 10.6. The Bertz CT molecular complexity index is 596. The molecule has 0 aliphatic carbocycles. The lowest BCUT2D eigenvalue weighted by Crippen LogP contribution is -2.49. The summed E-state index contributed by atoms with van der Waals surface area (Å²) in [7, 11) is 0. The lowest BCUT2D eigenvalue weighted by atomic mass is 10.2. The smallest absolute Gasteiger partial charge is 0.325 e. The van der Waals surface area contributed by atoms with Crippen molar-refractivity contribution in [3.63, 3.8) is 0 Å². The van der Waals surface area contributed by atoms with Crippen LogP contribution < -0.4 is 10.6 Å². The third kappa shape index (κ3) is 17.4. The van der Waals surface area contributed by atoms with Crippen molar-refractivity contribution in [1.82, 2.24) is 15.5 Å². The van der Waals surface area contributed by atoms with Gasteiger partial charge in [-0.25, -0.2) is 34.1 Å². The molecule has 0 aromatic heterocycles. The van der Waals surface area contributed by atoms with Gasteiger partial charge in [-0.15, -0.1) is 0 Å².